The van der Waals surface area contributed by atoms with E-state index in [2.05, 4.69) is 15.9 Å². The van der Waals surface area contributed by atoms with E-state index in [0.29, 0.717) is 34.7 Å². The quantitative estimate of drug-likeness (QED) is 0.666. The lowest BCUT2D eigenvalue weighted by atomic mass is 10.0. The molecule has 2 rings (SSSR count). The Labute approximate surface area is 105 Å². The zero-order valence-electron chi connectivity index (χ0n) is 8.95. The predicted molar refractivity (Wildman–Crippen MR) is 61.8 cm³/mol. The van der Waals surface area contributed by atoms with Crippen LogP contribution in [0.2, 0.25) is 0 Å². The number of ketones is 1. The van der Waals surface area contributed by atoms with Gasteiger partial charge in [-0.25, -0.2) is 4.79 Å². The lowest BCUT2D eigenvalue weighted by Gasteiger charge is -2.21. The molecule has 90 valence electrons. The molecule has 0 radical (unpaired) electrons. The number of hydrogen-bond acceptors (Lipinski definition) is 4. The number of carbonyl (C=O) groups is 2. The molecule has 1 aliphatic heterocycles. The van der Waals surface area contributed by atoms with Crippen LogP contribution in [0.3, 0.4) is 0 Å². The summed E-state index contributed by atoms with van der Waals surface area (Å²) in [6.45, 7) is 2.46. The second-order valence-corrected chi connectivity index (χ2v) is 4.31. The maximum Gasteiger partial charge on any atom is 0.377 e. The molecule has 0 aromatic heterocycles. The number of carboxylic acid groups (broad SMARTS) is 1. The SMILES string of the molecule is Cc1c(C(=O)C(=O)O)cc2c(c1Br)OCCO2. The predicted octanol–water partition coefficient (Wildman–Crippen LogP) is 1.80. The van der Waals surface area contributed by atoms with Crippen LogP contribution in [0.4, 0.5) is 0 Å². The molecular formula is C11H9BrO5. The van der Waals surface area contributed by atoms with Gasteiger partial charge in [-0.2, -0.15) is 0 Å². The highest BCUT2D eigenvalue weighted by molar-refractivity contribution is 9.10. The number of fused-ring (bicyclic) bond motifs is 1. The minimum Gasteiger partial charge on any atom is -0.486 e. The van der Waals surface area contributed by atoms with Crippen molar-refractivity contribution in [2.24, 2.45) is 0 Å². The summed E-state index contributed by atoms with van der Waals surface area (Å²) in [5, 5.41) is 8.72. The summed E-state index contributed by atoms with van der Waals surface area (Å²) in [6, 6.07) is 1.41. The Morgan fingerprint density at radius 2 is 2.00 bits per heavy atom. The van der Waals surface area contributed by atoms with Crippen molar-refractivity contribution >= 4 is 27.7 Å². The van der Waals surface area contributed by atoms with Crippen LogP contribution >= 0.6 is 15.9 Å². The van der Waals surface area contributed by atoms with Gasteiger partial charge in [0.05, 0.1) is 4.47 Å². The number of carbonyl (C=O) groups excluding carboxylic acids is 1. The van der Waals surface area contributed by atoms with Crippen LogP contribution in [0.5, 0.6) is 11.5 Å². The Bertz CT molecular complexity index is 509. The van der Waals surface area contributed by atoms with E-state index in [4.69, 9.17) is 14.6 Å². The van der Waals surface area contributed by atoms with Crippen molar-refractivity contribution < 1.29 is 24.2 Å². The third kappa shape index (κ3) is 2.00. The molecular weight excluding hydrogens is 292 g/mol. The molecule has 6 heteroatoms. The summed E-state index contributed by atoms with van der Waals surface area (Å²) in [5.74, 6) is -1.55. The molecule has 17 heavy (non-hydrogen) atoms. The average molecular weight is 301 g/mol. The van der Waals surface area contributed by atoms with Crippen LogP contribution in [0.15, 0.2) is 10.5 Å². The van der Waals surface area contributed by atoms with Crippen molar-refractivity contribution in [2.75, 3.05) is 13.2 Å². The number of rotatable bonds is 2. The van der Waals surface area contributed by atoms with E-state index < -0.39 is 11.8 Å². The molecule has 0 spiro atoms. The Morgan fingerprint density at radius 1 is 1.35 bits per heavy atom. The first-order valence-electron chi connectivity index (χ1n) is 4.88. The summed E-state index contributed by atoms with van der Waals surface area (Å²) in [7, 11) is 0. The number of halogens is 1. The second kappa shape index (κ2) is 4.37. The first-order chi connectivity index (χ1) is 8.02. The topological polar surface area (TPSA) is 72.8 Å². The molecule has 0 amide bonds. The van der Waals surface area contributed by atoms with Crippen molar-refractivity contribution in [1.29, 1.82) is 0 Å². The highest BCUT2D eigenvalue weighted by Gasteiger charge is 2.25. The third-order valence-corrected chi connectivity index (χ3v) is 3.41. The van der Waals surface area contributed by atoms with Crippen LogP contribution in [0.1, 0.15) is 15.9 Å². The molecule has 0 atom stereocenters. The number of ether oxygens (including phenoxy) is 2. The van der Waals surface area contributed by atoms with E-state index in [1.54, 1.807) is 6.92 Å². The third-order valence-electron chi connectivity index (χ3n) is 2.46. The summed E-state index contributed by atoms with van der Waals surface area (Å²) in [6.07, 6.45) is 0. The zero-order chi connectivity index (χ0) is 12.6. The van der Waals surface area contributed by atoms with Gasteiger partial charge in [-0.3, -0.25) is 4.79 Å². The first-order valence-corrected chi connectivity index (χ1v) is 5.68. The number of carboxylic acids is 1. The van der Waals surface area contributed by atoms with E-state index in [0.717, 1.165) is 0 Å². The lowest BCUT2D eigenvalue weighted by molar-refractivity contribution is -0.131. The van der Waals surface area contributed by atoms with Crippen molar-refractivity contribution in [1.82, 2.24) is 0 Å². The number of benzene rings is 1. The largest absolute Gasteiger partial charge is 0.486 e. The van der Waals surface area contributed by atoms with E-state index in [1.807, 2.05) is 0 Å². The summed E-state index contributed by atoms with van der Waals surface area (Å²) >= 11 is 3.28. The Hall–Kier alpha value is -1.56. The Kier molecular flexibility index (Phi) is 3.06. The molecule has 0 aliphatic carbocycles. The van der Waals surface area contributed by atoms with Gasteiger partial charge in [0.1, 0.15) is 13.2 Å². The molecule has 1 heterocycles. The Morgan fingerprint density at radius 3 is 2.65 bits per heavy atom. The van der Waals surface area contributed by atoms with Crippen molar-refractivity contribution in [2.45, 2.75) is 6.92 Å². The molecule has 1 N–H and O–H groups in total. The number of Topliss-reactive ketones (excluding diaryl/α,β-unsaturated/α-hetero) is 1. The fourth-order valence-electron chi connectivity index (χ4n) is 1.59. The van der Waals surface area contributed by atoms with Gasteiger partial charge < -0.3 is 14.6 Å². The highest BCUT2D eigenvalue weighted by atomic mass is 79.9. The van der Waals surface area contributed by atoms with Gasteiger partial charge >= 0.3 is 5.97 Å². The smallest absolute Gasteiger partial charge is 0.377 e. The summed E-state index contributed by atoms with van der Waals surface area (Å²) < 4.78 is 11.3. The maximum atomic E-state index is 11.5. The van der Waals surface area contributed by atoms with Gasteiger partial charge in [-0.15, -0.1) is 0 Å². The van der Waals surface area contributed by atoms with Gasteiger partial charge in [0.15, 0.2) is 11.5 Å². The summed E-state index contributed by atoms with van der Waals surface area (Å²) in [5.41, 5.74) is 0.635. The normalized spacial score (nSPS) is 13.3. The van der Waals surface area contributed by atoms with Gasteiger partial charge in [-0.05, 0) is 34.5 Å². The average Bonchev–Trinajstić information content (AvgIpc) is 2.33. The zero-order valence-corrected chi connectivity index (χ0v) is 10.5. The molecule has 0 saturated heterocycles. The van der Waals surface area contributed by atoms with E-state index >= 15 is 0 Å². The van der Waals surface area contributed by atoms with Crippen LogP contribution < -0.4 is 9.47 Å². The van der Waals surface area contributed by atoms with Crippen molar-refractivity contribution in [3.8, 4) is 11.5 Å². The van der Waals surface area contributed by atoms with Crippen molar-refractivity contribution in [3.05, 3.63) is 21.7 Å². The van der Waals surface area contributed by atoms with Crippen LogP contribution in [0, 0.1) is 6.92 Å². The molecule has 0 fully saturated rings. The minimum absolute atomic E-state index is 0.105. The van der Waals surface area contributed by atoms with Crippen molar-refractivity contribution in [3.63, 3.8) is 0 Å². The molecule has 1 aromatic carbocycles. The maximum absolute atomic E-state index is 11.5. The van der Waals surface area contributed by atoms with E-state index in [-0.39, 0.29) is 5.56 Å². The molecule has 1 aliphatic rings. The molecule has 5 nitrogen and oxygen atoms in total. The first kappa shape index (κ1) is 11.9. The minimum atomic E-state index is -1.49. The molecule has 0 saturated carbocycles. The number of aliphatic carboxylic acids is 1. The van der Waals surface area contributed by atoms with Gasteiger partial charge in [0, 0.05) is 5.56 Å². The van der Waals surface area contributed by atoms with E-state index in [9.17, 15) is 9.59 Å². The van der Waals surface area contributed by atoms with E-state index in [1.165, 1.54) is 6.07 Å². The monoisotopic (exact) mass is 300 g/mol. The fourth-order valence-corrected chi connectivity index (χ4v) is 2.11. The summed E-state index contributed by atoms with van der Waals surface area (Å²) in [4.78, 5) is 22.2. The fraction of sp³-hybridized carbons (Fsp3) is 0.273. The highest BCUT2D eigenvalue weighted by Crippen LogP contribution is 2.41. The Balaban J connectivity index is 2.59. The van der Waals surface area contributed by atoms with Gasteiger partial charge in [0.2, 0.25) is 0 Å². The number of hydrogen-bond donors (Lipinski definition) is 1. The van der Waals surface area contributed by atoms with Crippen LogP contribution in [-0.4, -0.2) is 30.1 Å². The van der Waals surface area contributed by atoms with Gasteiger partial charge in [-0.1, -0.05) is 0 Å². The van der Waals surface area contributed by atoms with Crippen LogP contribution in [-0.2, 0) is 4.79 Å². The molecule has 1 aromatic rings. The lowest BCUT2D eigenvalue weighted by Crippen LogP contribution is -2.19. The molecule has 0 bridgehead atoms. The standard InChI is InChI=1S/C11H9BrO5/c1-5-6(9(13)11(14)15)4-7-10(8(5)12)17-3-2-16-7/h4H,2-3H2,1H3,(H,14,15). The molecule has 0 unspecified atom stereocenters. The van der Waals surface area contributed by atoms with Crippen LogP contribution in [0.25, 0.3) is 0 Å². The van der Waals surface area contributed by atoms with Gasteiger partial charge in [0.25, 0.3) is 5.78 Å². The second-order valence-electron chi connectivity index (χ2n) is 3.52.